The lowest BCUT2D eigenvalue weighted by atomic mass is 10.1. The Bertz CT molecular complexity index is 641. The number of fused-ring (bicyclic) bond motifs is 1. The van der Waals surface area contributed by atoms with Crippen LogP contribution in [-0.2, 0) is 6.42 Å². The highest BCUT2D eigenvalue weighted by atomic mass is 16.5. The molecule has 19 heavy (non-hydrogen) atoms. The van der Waals surface area contributed by atoms with Crippen molar-refractivity contribution in [3.63, 3.8) is 0 Å². The van der Waals surface area contributed by atoms with Crippen molar-refractivity contribution in [1.29, 1.82) is 0 Å². The van der Waals surface area contributed by atoms with E-state index in [1.54, 1.807) is 7.11 Å². The van der Waals surface area contributed by atoms with Crippen LogP contribution in [0.25, 0.3) is 6.08 Å². The van der Waals surface area contributed by atoms with Gasteiger partial charge in [-0.3, -0.25) is 0 Å². The fourth-order valence-electron chi connectivity index (χ4n) is 2.35. The van der Waals surface area contributed by atoms with Gasteiger partial charge >= 0.3 is 0 Å². The highest BCUT2D eigenvalue weighted by Crippen LogP contribution is 2.33. The number of benzene rings is 2. The van der Waals surface area contributed by atoms with Gasteiger partial charge in [-0.15, -0.1) is 0 Å². The third-order valence-corrected chi connectivity index (χ3v) is 3.28. The Kier molecular flexibility index (Phi) is 3.00. The summed E-state index contributed by atoms with van der Waals surface area (Å²) in [6.45, 7) is 2.10. The molecule has 0 radical (unpaired) electrons. The Hall–Kier alpha value is -2.22. The SMILES string of the molecule is COc1ccccc1/C=C1/Cc2cc(C)ccc2O1. The molecular formula is C17H16O2. The summed E-state index contributed by atoms with van der Waals surface area (Å²) in [5, 5.41) is 0. The molecule has 96 valence electrons. The molecule has 2 heteroatoms. The lowest BCUT2D eigenvalue weighted by Gasteiger charge is -2.05. The van der Waals surface area contributed by atoms with E-state index in [1.165, 1.54) is 11.1 Å². The number of hydrogen-bond donors (Lipinski definition) is 0. The summed E-state index contributed by atoms with van der Waals surface area (Å²) in [5.74, 6) is 2.79. The van der Waals surface area contributed by atoms with E-state index in [9.17, 15) is 0 Å². The maximum Gasteiger partial charge on any atom is 0.130 e. The van der Waals surface area contributed by atoms with E-state index in [0.29, 0.717) is 0 Å². The molecule has 0 spiro atoms. The quantitative estimate of drug-likeness (QED) is 0.805. The molecule has 0 aromatic heterocycles. The summed E-state index contributed by atoms with van der Waals surface area (Å²) in [5.41, 5.74) is 3.56. The van der Waals surface area contributed by atoms with Gasteiger partial charge in [0.1, 0.15) is 17.3 Å². The van der Waals surface area contributed by atoms with Gasteiger partial charge in [0.25, 0.3) is 0 Å². The first-order chi connectivity index (χ1) is 9.26. The van der Waals surface area contributed by atoms with Crippen LogP contribution in [0.2, 0.25) is 0 Å². The first kappa shape index (κ1) is 11.8. The largest absolute Gasteiger partial charge is 0.496 e. The lowest BCUT2D eigenvalue weighted by Crippen LogP contribution is -1.90. The average Bonchev–Trinajstić information content (AvgIpc) is 2.80. The second kappa shape index (κ2) is 4.81. The van der Waals surface area contributed by atoms with Crippen LogP contribution in [0.15, 0.2) is 48.2 Å². The third kappa shape index (κ3) is 2.34. The van der Waals surface area contributed by atoms with Crippen molar-refractivity contribution in [3.8, 4) is 11.5 Å². The Labute approximate surface area is 113 Å². The van der Waals surface area contributed by atoms with Crippen molar-refractivity contribution >= 4 is 6.08 Å². The van der Waals surface area contributed by atoms with Crippen LogP contribution in [-0.4, -0.2) is 7.11 Å². The molecule has 3 rings (SSSR count). The van der Waals surface area contributed by atoms with E-state index in [1.807, 2.05) is 36.4 Å². The fraction of sp³-hybridized carbons (Fsp3) is 0.176. The number of ether oxygens (including phenoxy) is 2. The van der Waals surface area contributed by atoms with Crippen molar-refractivity contribution in [2.45, 2.75) is 13.3 Å². The molecule has 1 heterocycles. The van der Waals surface area contributed by atoms with Crippen LogP contribution in [0.1, 0.15) is 16.7 Å². The summed E-state index contributed by atoms with van der Waals surface area (Å²) in [6.07, 6.45) is 2.89. The van der Waals surface area contributed by atoms with E-state index >= 15 is 0 Å². The molecule has 0 aliphatic carbocycles. The number of hydrogen-bond acceptors (Lipinski definition) is 2. The lowest BCUT2D eigenvalue weighted by molar-refractivity contribution is 0.413. The summed E-state index contributed by atoms with van der Waals surface area (Å²) >= 11 is 0. The van der Waals surface area contributed by atoms with Crippen LogP contribution in [0.5, 0.6) is 11.5 Å². The maximum atomic E-state index is 5.87. The second-order valence-corrected chi connectivity index (χ2v) is 4.74. The zero-order valence-corrected chi connectivity index (χ0v) is 11.1. The standard InChI is InChI=1S/C17H16O2/c1-12-7-8-17-14(9-12)11-15(19-17)10-13-5-3-4-6-16(13)18-2/h3-10H,11H2,1-2H3/b15-10-. The topological polar surface area (TPSA) is 18.5 Å². The van der Waals surface area contributed by atoms with Crippen molar-refractivity contribution in [3.05, 3.63) is 64.9 Å². The number of allylic oxidation sites excluding steroid dienone is 1. The number of para-hydroxylation sites is 1. The van der Waals surface area contributed by atoms with Gasteiger partial charge in [0, 0.05) is 17.5 Å². The molecule has 0 amide bonds. The average molecular weight is 252 g/mol. The Morgan fingerprint density at radius 1 is 1.16 bits per heavy atom. The van der Waals surface area contributed by atoms with Crippen LogP contribution in [0.4, 0.5) is 0 Å². The number of rotatable bonds is 2. The van der Waals surface area contributed by atoms with Gasteiger partial charge in [0.15, 0.2) is 0 Å². The van der Waals surface area contributed by atoms with Crippen LogP contribution >= 0.6 is 0 Å². The number of aryl methyl sites for hydroxylation is 1. The molecule has 0 unspecified atom stereocenters. The normalized spacial score (nSPS) is 15.2. The molecule has 2 aromatic carbocycles. The van der Waals surface area contributed by atoms with Gasteiger partial charge < -0.3 is 9.47 Å². The molecule has 0 fully saturated rings. The zero-order valence-electron chi connectivity index (χ0n) is 11.1. The van der Waals surface area contributed by atoms with Crippen molar-refractivity contribution in [2.24, 2.45) is 0 Å². The fourth-order valence-corrected chi connectivity index (χ4v) is 2.35. The van der Waals surface area contributed by atoms with Gasteiger partial charge in [0.2, 0.25) is 0 Å². The third-order valence-electron chi connectivity index (χ3n) is 3.28. The molecule has 0 atom stereocenters. The molecule has 2 aromatic rings. The second-order valence-electron chi connectivity index (χ2n) is 4.74. The van der Waals surface area contributed by atoms with Gasteiger partial charge in [-0.2, -0.15) is 0 Å². The predicted molar refractivity (Wildman–Crippen MR) is 76.5 cm³/mol. The molecule has 1 aliphatic rings. The minimum Gasteiger partial charge on any atom is -0.496 e. The zero-order chi connectivity index (χ0) is 13.2. The summed E-state index contributed by atoms with van der Waals surface area (Å²) in [7, 11) is 1.69. The molecular weight excluding hydrogens is 236 g/mol. The van der Waals surface area contributed by atoms with E-state index in [0.717, 1.165) is 29.2 Å². The molecule has 1 aliphatic heterocycles. The number of methoxy groups -OCH3 is 1. The maximum absolute atomic E-state index is 5.87. The van der Waals surface area contributed by atoms with Crippen molar-refractivity contribution < 1.29 is 9.47 Å². The predicted octanol–water partition coefficient (Wildman–Crippen LogP) is 3.98. The molecule has 0 saturated carbocycles. The Balaban J connectivity index is 1.91. The monoisotopic (exact) mass is 252 g/mol. The molecule has 2 nitrogen and oxygen atoms in total. The minimum absolute atomic E-state index is 0.842. The van der Waals surface area contributed by atoms with Crippen LogP contribution in [0, 0.1) is 6.92 Å². The first-order valence-electron chi connectivity index (χ1n) is 6.37. The van der Waals surface area contributed by atoms with Crippen molar-refractivity contribution in [1.82, 2.24) is 0 Å². The van der Waals surface area contributed by atoms with Crippen LogP contribution in [0.3, 0.4) is 0 Å². The van der Waals surface area contributed by atoms with Gasteiger partial charge in [-0.05, 0) is 25.1 Å². The van der Waals surface area contributed by atoms with E-state index in [4.69, 9.17) is 9.47 Å². The van der Waals surface area contributed by atoms with Crippen LogP contribution < -0.4 is 9.47 Å². The smallest absolute Gasteiger partial charge is 0.130 e. The first-order valence-corrected chi connectivity index (χ1v) is 6.37. The van der Waals surface area contributed by atoms with E-state index < -0.39 is 0 Å². The Morgan fingerprint density at radius 2 is 2.00 bits per heavy atom. The minimum atomic E-state index is 0.842. The summed E-state index contributed by atoms with van der Waals surface area (Å²) in [4.78, 5) is 0. The summed E-state index contributed by atoms with van der Waals surface area (Å²) in [6, 6.07) is 14.2. The highest BCUT2D eigenvalue weighted by Gasteiger charge is 2.17. The molecule has 0 bridgehead atoms. The molecule has 0 saturated heterocycles. The van der Waals surface area contributed by atoms with Crippen molar-refractivity contribution in [2.75, 3.05) is 7.11 Å². The summed E-state index contributed by atoms with van der Waals surface area (Å²) < 4.78 is 11.2. The molecule has 0 N–H and O–H groups in total. The highest BCUT2D eigenvalue weighted by molar-refractivity contribution is 5.61. The van der Waals surface area contributed by atoms with E-state index in [2.05, 4.69) is 19.1 Å². The van der Waals surface area contributed by atoms with Gasteiger partial charge in [0.05, 0.1) is 7.11 Å². The van der Waals surface area contributed by atoms with E-state index in [-0.39, 0.29) is 0 Å². The van der Waals surface area contributed by atoms with Gasteiger partial charge in [-0.1, -0.05) is 35.9 Å². The Morgan fingerprint density at radius 3 is 2.84 bits per heavy atom. The van der Waals surface area contributed by atoms with Gasteiger partial charge in [-0.25, -0.2) is 0 Å².